The highest BCUT2D eigenvalue weighted by molar-refractivity contribution is 5.49. The Bertz CT molecular complexity index is 603. The molecule has 6 nitrogen and oxygen atoms in total. The van der Waals surface area contributed by atoms with Crippen LogP contribution in [0.25, 0.3) is 0 Å². The average Bonchev–Trinajstić information content (AvgIpc) is 3.04. The van der Waals surface area contributed by atoms with Crippen molar-refractivity contribution >= 4 is 5.69 Å². The van der Waals surface area contributed by atoms with Crippen molar-refractivity contribution in [2.75, 3.05) is 31.1 Å². The molecule has 0 amide bonds. The molecule has 0 saturated carbocycles. The number of piperazine rings is 1. The SMILES string of the molecule is CCc1nnc(C(C)N2CCN(c3ccc(O)cc3)CC2)o1. The average molecular weight is 302 g/mol. The number of hydrogen-bond acceptors (Lipinski definition) is 6. The number of aromatic hydroxyl groups is 1. The highest BCUT2D eigenvalue weighted by Gasteiger charge is 2.25. The molecular weight excluding hydrogens is 280 g/mol. The predicted molar refractivity (Wildman–Crippen MR) is 84.0 cm³/mol. The van der Waals surface area contributed by atoms with Crippen molar-refractivity contribution in [1.29, 1.82) is 0 Å². The Balaban J connectivity index is 1.60. The maximum absolute atomic E-state index is 9.37. The Morgan fingerprint density at radius 1 is 1.14 bits per heavy atom. The molecule has 118 valence electrons. The van der Waals surface area contributed by atoms with Crippen LogP contribution in [-0.4, -0.2) is 46.4 Å². The zero-order valence-electron chi connectivity index (χ0n) is 13.1. The lowest BCUT2D eigenvalue weighted by molar-refractivity contribution is 0.171. The molecule has 0 aliphatic carbocycles. The van der Waals surface area contributed by atoms with Gasteiger partial charge in [0.05, 0.1) is 6.04 Å². The van der Waals surface area contributed by atoms with Crippen LogP contribution in [0.2, 0.25) is 0 Å². The summed E-state index contributed by atoms with van der Waals surface area (Å²) in [6.07, 6.45) is 0.772. The van der Waals surface area contributed by atoms with Gasteiger partial charge >= 0.3 is 0 Å². The van der Waals surface area contributed by atoms with E-state index in [0.717, 1.165) is 38.3 Å². The molecule has 1 aromatic heterocycles. The van der Waals surface area contributed by atoms with Crippen molar-refractivity contribution in [3.8, 4) is 5.75 Å². The van der Waals surface area contributed by atoms with Crippen molar-refractivity contribution in [1.82, 2.24) is 15.1 Å². The Hall–Kier alpha value is -2.08. The number of rotatable bonds is 4. The van der Waals surface area contributed by atoms with Crippen molar-refractivity contribution in [2.24, 2.45) is 0 Å². The molecule has 0 spiro atoms. The highest BCUT2D eigenvalue weighted by Crippen LogP contribution is 2.24. The molecule has 1 saturated heterocycles. The topological polar surface area (TPSA) is 65.6 Å². The van der Waals surface area contributed by atoms with E-state index in [1.807, 2.05) is 19.1 Å². The van der Waals surface area contributed by atoms with Crippen LogP contribution < -0.4 is 4.90 Å². The first-order chi connectivity index (χ1) is 10.7. The highest BCUT2D eigenvalue weighted by atomic mass is 16.4. The standard InChI is InChI=1S/C16H22N4O2/c1-3-15-17-18-16(22-15)12(2)19-8-10-20(11-9-19)13-4-6-14(21)7-5-13/h4-7,12,21H,3,8-11H2,1-2H3. The Kier molecular flexibility index (Phi) is 4.29. The Labute approximate surface area is 130 Å². The van der Waals surface area contributed by atoms with Gasteiger partial charge in [0.2, 0.25) is 11.8 Å². The van der Waals surface area contributed by atoms with Gasteiger partial charge in [-0.15, -0.1) is 10.2 Å². The molecular formula is C16H22N4O2. The largest absolute Gasteiger partial charge is 0.508 e. The monoisotopic (exact) mass is 302 g/mol. The molecule has 1 unspecified atom stereocenters. The molecule has 22 heavy (non-hydrogen) atoms. The van der Waals surface area contributed by atoms with E-state index in [2.05, 4.69) is 26.9 Å². The van der Waals surface area contributed by atoms with E-state index in [9.17, 15) is 5.11 Å². The maximum atomic E-state index is 9.37. The van der Waals surface area contributed by atoms with Crippen LogP contribution in [0, 0.1) is 0 Å². The van der Waals surface area contributed by atoms with Gasteiger partial charge in [-0.25, -0.2) is 0 Å². The van der Waals surface area contributed by atoms with Crippen molar-refractivity contribution in [3.05, 3.63) is 36.0 Å². The van der Waals surface area contributed by atoms with Crippen LogP contribution >= 0.6 is 0 Å². The summed E-state index contributed by atoms with van der Waals surface area (Å²) in [5.74, 6) is 1.71. The van der Waals surface area contributed by atoms with Crippen LogP contribution in [0.4, 0.5) is 5.69 Å². The molecule has 1 aromatic carbocycles. The zero-order valence-corrected chi connectivity index (χ0v) is 13.1. The van der Waals surface area contributed by atoms with Gasteiger partial charge in [-0.2, -0.15) is 0 Å². The van der Waals surface area contributed by atoms with Crippen LogP contribution in [0.15, 0.2) is 28.7 Å². The maximum Gasteiger partial charge on any atom is 0.233 e. The van der Waals surface area contributed by atoms with E-state index < -0.39 is 0 Å². The first-order valence-electron chi connectivity index (χ1n) is 7.77. The summed E-state index contributed by atoms with van der Waals surface area (Å²) in [7, 11) is 0. The Morgan fingerprint density at radius 3 is 2.41 bits per heavy atom. The number of nitrogens with zero attached hydrogens (tertiary/aromatic N) is 4. The fourth-order valence-electron chi connectivity index (χ4n) is 2.77. The molecule has 1 aliphatic rings. The molecule has 1 aliphatic heterocycles. The summed E-state index contributed by atoms with van der Waals surface area (Å²) < 4.78 is 5.67. The number of aromatic nitrogens is 2. The second kappa shape index (κ2) is 6.36. The number of anilines is 1. The van der Waals surface area contributed by atoms with Gasteiger partial charge in [-0.3, -0.25) is 4.90 Å². The third-order valence-electron chi connectivity index (χ3n) is 4.22. The molecule has 0 bridgehead atoms. The minimum Gasteiger partial charge on any atom is -0.508 e. The molecule has 1 fully saturated rings. The van der Waals surface area contributed by atoms with Crippen LogP contribution in [-0.2, 0) is 6.42 Å². The number of benzene rings is 1. The van der Waals surface area contributed by atoms with E-state index in [0.29, 0.717) is 17.5 Å². The van der Waals surface area contributed by atoms with E-state index >= 15 is 0 Å². The van der Waals surface area contributed by atoms with Crippen molar-refractivity contribution < 1.29 is 9.52 Å². The molecule has 2 aromatic rings. The molecule has 6 heteroatoms. The normalized spacial score (nSPS) is 17.6. The van der Waals surface area contributed by atoms with Crippen molar-refractivity contribution in [3.63, 3.8) is 0 Å². The number of phenols is 1. The van der Waals surface area contributed by atoms with Gasteiger partial charge in [0.25, 0.3) is 0 Å². The molecule has 2 heterocycles. The number of aryl methyl sites for hydroxylation is 1. The van der Waals surface area contributed by atoms with E-state index in [-0.39, 0.29) is 6.04 Å². The number of hydrogen-bond donors (Lipinski definition) is 1. The molecule has 3 rings (SSSR count). The first-order valence-corrected chi connectivity index (χ1v) is 7.77. The van der Waals surface area contributed by atoms with Crippen LogP contribution in [0.5, 0.6) is 5.75 Å². The van der Waals surface area contributed by atoms with Gasteiger partial charge in [-0.05, 0) is 31.2 Å². The predicted octanol–water partition coefficient (Wildman–Crippen LogP) is 2.22. The Morgan fingerprint density at radius 2 is 1.82 bits per heavy atom. The van der Waals surface area contributed by atoms with Gasteiger partial charge in [0, 0.05) is 38.3 Å². The van der Waals surface area contributed by atoms with Crippen LogP contribution in [0.3, 0.4) is 0 Å². The quantitative estimate of drug-likeness (QED) is 0.934. The zero-order chi connectivity index (χ0) is 15.5. The van der Waals surface area contributed by atoms with E-state index in [1.54, 1.807) is 12.1 Å². The van der Waals surface area contributed by atoms with Gasteiger partial charge in [-0.1, -0.05) is 6.92 Å². The van der Waals surface area contributed by atoms with E-state index in [4.69, 9.17) is 4.42 Å². The summed E-state index contributed by atoms with van der Waals surface area (Å²) >= 11 is 0. The second-order valence-corrected chi connectivity index (χ2v) is 5.60. The third-order valence-corrected chi connectivity index (χ3v) is 4.22. The third kappa shape index (κ3) is 3.06. The minimum atomic E-state index is 0.148. The van der Waals surface area contributed by atoms with Gasteiger partial charge in [0.15, 0.2) is 0 Å². The van der Waals surface area contributed by atoms with Gasteiger partial charge in [0.1, 0.15) is 5.75 Å². The smallest absolute Gasteiger partial charge is 0.233 e. The lowest BCUT2D eigenvalue weighted by atomic mass is 10.2. The summed E-state index contributed by atoms with van der Waals surface area (Å²) in [6.45, 7) is 7.92. The molecule has 1 atom stereocenters. The summed E-state index contributed by atoms with van der Waals surface area (Å²) in [4.78, 5) is 4.69. The van der Waals surface area contributed by atoms with Crippen LogP contribution in [0.1, 0.15) is 31.7 Å². The minimum absolute atomic E-state index is 0.148. The second-order valence-electron chi connectivity index (χ2n) is 5.60. The van der Waals surface area contributed by atoms with Crippen molar-refractivity contribution in [2.45, 2.75) is 26.3 Å². The summed E-state index contributed by atoms with van der Waals surface area (Å²) in [6, 6.07) is 7.53. The summed E-state index contributed by atoms with van der Waals surface area (Å²) in [5.41, 5.74) is 1.15. The number of phenolic OH excluding ortho intramolecular Hbond substituents is 1. The lowest BCUT2D eigenvalue weighted by Crippen LogP contribution is -2.47. The lowest BCUT2D eigenvalue weighted by Gasteiger charge is -2.38. The molecule has 1 N–H and O–H groups in total. The molecule has 0 radical (unpaired) electrons. The summed E-state index contributed by atoms with van der Waals surface area (Å²) in [5, 5.41) is 17.6. The fourth-order valence-corrected chi connectivity index (χ4v) is 2.77. The van der Waals surface area contributed by atoms with E-state index in [1.165, 1.54) is 0 Å². The van der Waals surface area contributed by atoms with Gasteiger partial charge < -0.3 is 14.4 Å². The fraction of sp³-hybridized carbons (Fsp3) is 0.500. The first kappa shape index (κ1) is 14.8.